The van der Waals surface area contributed by atoms with E-state index in [1.807, 2.05) is 12.1 Å². The van der Waals surface area contributed by atoms with Gasteiger partial charge in [-0.05, 0) is 17.2 Å². The van der Waals surface area contributed by atoms with Crippen LogP contribution in [0, 0.1) is 0 Å². The number of fused-ring (bicyclic) bond motifs is 1. The third-order valence-corrected chi connectivity index (χ3v) is 4.05. The minimum Gasteiger partial charge on any atom is -0.378 e. The molecule has 4 rings (SSSR count). The Hall–Kier alpha value is -3.09. The van der Waals surface area contributed by atoms with Crippen LogP contribution in [0.15, 0.2) is 41.8 Å². The van der Waals surface area contributed by atoms with Gasteiger partial charge in [0.05, 0.1) is 18.6 Å². The zero-order valence-corrected chi connectivity index (χ0v) is 12.9. The Morgan fingerprint density at radius 3 is 2.71 bits per heavy atom. The van der Waals surface area contributed by atoms with Gasteiger partial charge in [-0.15, -0.1) is 0 Å². The Balaban J connectivity index is 1.73. The average molecular weight is 321 g/mol. The van der Waals surface area contributed by atoms with Crippen LogP contribution in [0.1, 0.15) is 0 Å². The number of morpholine rings is 1. The molecule has 0 radical (unpaired) electrons. The topological polar surface area (TPSA) is 103 Å². The van der Waals surface area contributed by atoms with Crippen LogP contribution in [0.4, 0.5) is 11.5 Å². The average Bonchev–Trinajstić information content (AvgIpc) is 3.07. The Kier molecular flexibility index (Phi) is 3.74. The van der Waals surface area contributed by atoms with E-state index in [9.17, 15) is 0 Å². The van der Waals surface area contributed by atoms with Crippen molar-refractivity contribution in [3.63, 3.8) is 0 Å². The van der Waals surface area contributed by atoms with Crippen molar-refractivity contribution in [1.82, 2.24) is 15.0 Å². The van der Waals surface area contributed by atoms with Crippen molar-refractivity contribution in [3.8, 4) is 11.3 Å². The number of anilines is 1. The third kappa shape index (κ3) is 2.64. The molecule has 24 heavy (non-hydrogen) atoms. The van der Waals surface area contributed by atoms with Crippen molar-refractivity contribution in [1.29, 1.82) is 0 Å². The van der Waals surface area contributed by atoms with Crippen LogP contribution in [0.5, 0.6) is 0 Å². The van der Waals surface area contributed by atoms with Crippen LogP contribution in [0.2, 0.25) is 0 Å². The lowest BCUT2D eigenvalue weighted by molar-refractivity contribution is 0.122. The fourth-order valence-electron chi connectivity index (χ4n) is 2.87. The molecular weight excluding hydrogens is 306 g/mol. The van der Waals surface area contributed by atoms with E-state index in [0.29, 0.717) is 18.9 Å². The molecule has 1 fully saturated rings. The molecule has 0 aliphatic carbocycles. The molecule has 0 bridgehead atoms. The number of aromatic amines is 1. The molecule has 120 valence electrons. The molecule has 0 atom stereocenters. The largest absolute Gasteiger partial charge is 0.378 e. The van der Waals surface area contributed by atoms with Crippen molar-refractivity contribution in [3.05, 3.63) is 47.1 Å². The van der Waals surface area contributed by atoms with E-state index >= 15 is 0 Å². The zero-order chi connectivity index (χ0) is 16.4. The number of hydrogen-bond donors (Lipinski definition) is 1. The highest BCUT2D eigenvalue weighted by Gasteiger charge is 2.17. The van der Waals surface area contributed by atoms with Gasteiger partial charge in [-0.25, -0.2) is 9.97 Å². The van der Waals surface area contributed by atoms with Gasteiger partial charge in [0.2, 0.25) is 0 Å². The minimum atomic E-state index is 0.589. The van der Waals surface area contributed by atoms with Crippen LogP contribution < -0.4 is 4.90 Å². The van der Waals surface area contributed by atoms with Gasteiger partial charge in [-0.3, -0.25) is 0 Å². The van der Waals surface area contributed by atoms with Crippen LogP contribution >= 0.6 is 0 Å². The van der Waals surface area contributed by atoms with Crippen molar-refractivity contribution in [2.45, 2.75) is 0 Å². The van der Waals surface area contributed by atoms with Gasteiger partial charge >= 0.3 is 0 Å². The second-order valence-electron chi connectivity index (χ2n) is 5.48. The summed E-state index contributed by atoms with van der Waals surface area (Å²) in [6.07, 6.45) is 1.58. The Morgan fingerprint density at radius 1 is 1.17 bits per heavy atom. The van der Waals surface area contributed by atoms with Crippen LogP contribution in [-0.2, 0) is 4.74 Å². The highest BCUT2D eigenvalue weighted by atomic mass is 16.5. The molecule has 1 aliphatic rings. The maximum Gasteiger partial charge on any atom is 0.143 e. The van der Waals surface area contributed by atoms with Gasteiger partial charge in [-0.2, -0.15) is 0 Å². The normalized spacial score (nSPS) is 14.6. The number of H-pyrrole nitrogens is 1. The summed E-state index contributed by atoms with van der Waals surface area (Å²) in [4.78, 5) is 17.1. The standard InChI is InChI=1S/C16H15N7O/c17-22-21-12-3-1-11(2-4-12)14-9-13-15(20-14)18-10-19-16(13)23-5-7-24-8-6-23/h1-4,9-10H,5-8H2,(H,18,19,20). The number of aromatic nitrogens is 3. The van der Waals surface area contributed by atoms with E-state index in [-0.39, 0.29) is 0 Å². The minimum absolute atomic E-state index is 0.589. The number of azide groups is 1. The van der Waals surface area contributed by atoms with Gasteiger partial charge in [0.15, 0.2) is 0 Å². The van der Waals surface area contributed by atoms with Crippen molar-refractivity contribution >= 4 is 22.5 Å². The van der Waals surface area contributed by atoms with Gasteiger partial charge < -0.3 is 14.6 Å². The second-order valence-corrected chi connectivity index (χ2v) is 5.48. The Morgan fingerprint density at radius 2 is 1.96 bits per heavy atom. The predicted molar refractivity (Wildman–Crippen MR) is 91.2 cm³/mol. The van der Waals surface area contributed by atoms with E-state index in [4.69, 9.17) is 10.3 Å². The number of benzene rings is 1. The molecule has 1 N–H and O–H groups in total. The quantitative estimate of drug-likeness (QED) is 0.453. The maximum atomic E-state index is 8.48. The van der Waals surface area contributed by atoms with Gasteiger partial charge in [0, 0.05) is 29.4 Å². The molecule has 0 unspecified atom stereocenters. The molecular formula is C16H15N7O. The van der Waals surface area contributed by atoms with Crippen LogP contribution in [0.3, 0.4) is 0 Å². The molecule has 1 aromatic carbocycles. The lowest BCUT2D eigenvalue weighted by Gasteiger charge is -2.27. The SMILES string of the molecule is [N-]=[N+]=Nc1ccc(-c2cc3c(N4CCOCC4)ncnc3[nH]2)cc1. The van der Waals surface area contributed by atoms with E-state index in [2.05, 4.69) is 35.9 Å². The van der Waals surface area contributed by atoms with Gasteiger partial charge in [0.25, 0.3) is 0 Å². The van der Waals surface area contributed by atoms with E-state index in [1.165, 1.54) is 0 Å². The van der Waals surface area contributed by atoms with Gasteiger partial charge in [-0.1, -0.05) is 29.4 Å². The number of hydrogen-bond acceptors (Lipinski definition) is 5. The summed E-state index contributed by atoms with van der Waals surface area (Å²) in [7, 11) is 0. The van der Waals surface area contributed by atoms with Crippen molar-refractivity contribution in [2.24, 2.45) is 5.11 Å². The maximum absolute atomic E-state index is 8.48. The number of rotatable bonds is 3. The fourth-order valence-corrected chi connectivity index (χ4v) is 2.87. The van der Waals surface area contributed by atoms with E-state index in [1.54, 1.807) is 18.5 Å². The first-order valence-electron chi connectivity index (χ1n) is 7.67. The summed E-state index contributed by atoms with van der Waals surface area (Å²) in [6.45, 7) is 3.08. The Bertz CT molecular complexity index is 906. The lowest BCUT2D eigenvalue weighted by atomic mass is 10.1. The van der Waals surface area contributed by atoms with E-state index in [0.717, 1.165) is 41.2 Å². The van der Waals surface area contributed by atoms with Crippen molar-refractivity contribution < 1.29 is 4.74 Å². The molecule has 3 heterocycles. The molecule has 8 nitrogen and oxygen atoms in total. The molecule has 1 saturated heterocycles. The van der Waals surface area contributed by atoms with Crippen LogP contribution in [-0.4, -0.2) is 41.3 Å². The monoisotopic (exact) mass is 321 g/mol. The Labute approximate surface area is 137 Å². The first kappa shape index (κ1) is 14.5. The molecule has 0 spiro atoms. The molecule has 8 heteroatoms. The second kappa shape index (κ2) is 6.19. The van der Waals surface area contributed by atoms with Crippen molar-refractivity contribution in [2.75, 3.05) is 31.2 Å². The number of nitrogens with one attached hydrogen (secondary N) is 1. The predicted octanol–water partition coefficient (Wildman–Crippen LogP) is 3.40. The molecule has 0 saturated carbocycles. The van der Waals surface area contributed by atoms with Gasteiger partial charge in [0.1, 0.15) is 17.8 Å². The first-order valence-corrected chi connectivity index (χ1v) is 7.67. The molecule has 3 aromatic rings. The summed E-state index contributed by atoms with van der Waals surface area (Å²) in [5.41, 5.74) is 11.8. The summed E-state index contributed by atoms with van der Waals surface area (Å²) in [5, 5.41) is 4.58. The highest BCUT2D eigenvalue weighted by molar-refractivity contribution is 5.92. The number of ether oxygens (including phenoxy) is 1. The zero-order valence-electron chi connectivity index (χ0n) is 12.9. The molecule has 0 amide bonds. The summed E-state index contributed by atoms with van der Waals surface area (Å²) < 4.78 is 5.41. The number of nitrogens with zero attached hydrogens (tertiary/aromatic N) is 6. The summed E-state index contributed by atoms with van der Waals surface area (Å²) in [6, 6.07) is 9.46. The summed E-state index contributed by atoms with van der Waals surface area (Å²) in [5.74, 6) is 0.927. The summed E-state index contributed by atoms with van der Waals surface area (Å²) >= 11 is 0. The van der Waals surface area contributed by atoms with Crippen LogP contribution in [0.25, 0.3) is 32.7 Å². The smallest absolute Gasteiger partial charge is 0.143 e. The first-order chi connectivity index (χ1) is 11.8. The third-order valence-electron chi connectivity index (χ3n) is 4.05. The highest BCUT2D eigenvalue weighted by Crippen LogP contribution is 2.29. The fraction of sp³-hybridized carbons (Fsp3) is 0.250. The molecule has 1 aliphatic heterocycles. The van der Waals surface area contributed by atoms with E-state index < -0.39 is 0 Å². The lowest BCUT2D eigenvalue weighted by Crippen LogP contribution is -2.36. The molecule has 2 aromatic heterocycles.